The largest absolute Gasteiger partial charge is 0.221 e. The maximum absolute atomic E-state index is 6.62. The van der Waals surface area contributed by atoms with Crippen molar-refractivity contribution in [3.8, 4) is 0 Å². The van der Waals surface area contributed by atoms with Gasteiger partial charge in [-0.15, -0.1) is 0 Å². The minimum Gasteiger partial charge on any atom is -0.221 e. The molecule has 0 amide bonds. The summed E-state index contributed by atoms with van der Waals surface area (Å²) in [5.74, 6) is 1.21. The molecule has 0 fully saturated rings. The lowest BCUT2D eigenvalue weighted by atomic mass is 9.96. The van der Waals surface area contributed by atoms with Gasteiger partial charge in [0.2, 0.25) is 0 Å². The Labute approximate surface area is 114 Å². The maximum atomic E-state index is 6.62. The van der Waals surface area contributed by atoms with E-state index in [1.54, 1.807) is 0 Å². The Morgan fingerprint density at radius 1 is 0.737 bits per heavy atom. The van der Waals surface area contributed by atoms with Crippen LogP contribution >= 0.6 is 0 Å². The molecule has 2 aromatic carbocycles. The molecule has 3 nitrogen and oxygen atoms in total. The summed E-state index contributed by atoms with van der Waals surface area (Å²) in [6.45, 7) is 8.96. The van der Waals surface area contributed by atoms with E-state index < -0.39 is 0 Å². The van der Waals surface area contributed by atoms with E-state index in [1.807, 2.05) is 0 Å². The van der Waals surface area contributed by atoms with E-state index in [9.17, 15) is 0 Å². The van der Waals surface area contributed by atoms with E-state index >= 15 is 0 Å². The zero-order chi connectivity index (χ0) is 14.4. The molecule has 0 unspecified atom stereocenters. The lowest BCUT2D eigenvalue weighted by Crippen LogP contribution is -1.89. The van der Waals surface area contributed by atoms with Crippen LogP contribution in [0.15, 0.2) is 36.4 Å². The highest BCUT2D eigenvalue weighted by Crippen LogP contribution is 2.24. The van der Waals surface area contributed by atoms with Crippen LogP contribution in [0.25, 0.3) is 10.8 Å². The predicted octanol–water partition coefficient (Wildman–Crippen LogP) is 5.04. The van der Waals surface area contributed by atoms with E-state index in [2.05, 4.69) is 69.1 Å². The Morgan fingerprint density at radius 3 is 1.32 bits per heavy atom. The molecule has 0 aromatic heterocycles. The van der Waals surface area contributed by atoms with Crippen molar-refractivity contribution >= 4 is 10.8 Å². The van der Waals surface area contributed by atoms with Gasteiger partial charge in [-0.1, -0.05) is 69.1 Å². The van der Waals surface area contributed by atoms with Crippen LogP contribution in [0.4, 0.5) is 0 Å². The van der Waals surface area contributed by atoms with E-state index in [0.29, 0.717) is 11.8 Å². The second kappa shape index (κ2) is 7.24. The highest BCUT2D eigenvalue weighted by atomic mass is 17.4. The van der Waals surface area contributed by atoms with Gasteiger partial charge in [-0.3, -0.25) is 0 Å². The van der Waals surface area contributed by atoms with Crippen LogP contribution in [0.1, 0.15) is 50.7 Å². The van der Waals surface area contributed by atoms with Gasteiger partial charge in [-0.05, 0) is 33.7 Å². The fourth-order valence-electron chi connectivity index (χ4n) is 2.00. The zero-order valence-corrected chi connectivity index (χ0v) is 11.9. The normalized spacial score (nSPS) is 10.7. The van der Waals surface area contributed by atoms with Gasteiger partial charge in [0.15, 0.2) is 0 Å². The molecule has 0 radical (unpaired) electrons. The lowest BCUT2D eigenvalue weighted by molar-refractivity contribution is -0.465. The van der Waals surface area contributed by atoms with Crippen molar-refractivity contribution in [1.82, 2.24) is 0 Å². The van der Waals surface area contributed by atoms with Gasteiger partial charge in [-0.25, -0.2) is 10.5 Å². The summed E-state index contributed by atoms with van der Waals surface area (Å²) in [5, 5.41) is 18.2. The fourth-order valence-corrected chi connectivity index (χ4v) is 2.00. The maximum Gasteiger partial charge on any atom is -0.0181 e. The van der Waals surface area contributed by atoms with Crippen molar-refractivity contribution in [1.29, 1.82) is 0 Å². The van der Waals surface area contributed by atoms with E-state index in [1.165, 1.54) is 21.9 Å². The molecule has 0 atom stereocenters. The molecule has 19 heavy (non-hydrogen) atoms. The van der Waals surface area contributed by atoms with Crippen molar-refractivity contribution < 1.29 is 15.6 Å². The summed E-state index contributed by atoms with van der Waals surface area (Å²) in [6, 6.07) is 13.6. The first-order valence-electron chi connectivity index (χ1n) is 6.48. The van der Waals surface area contributed by atoms with Crippen molar-refractivity contribution in [2.45, 2.75) is 39.5 Å². The first-order chi connectivity index (χ1) is 8.99. The molecule has 0 spiro atoms. The Hall–Kier alpha value is -1.42. The third-order valence-electron chi connectivity index (χ3n) is 3.22. The van der Waals surface area contributed by atoms with E-state index in [4.69, 9.17) is 10.5 Å². The quantitative estimate of drug-likeness (QED) is 0.589. The van der Waals surface area contributed by atoms with Crippen LogP contribution in [0, 0.1) is 0 Å². The van der Waals surface area contributed by atoms with Crippen LogP contribution in [-0.2, 0) is 5.04 Å². The smallest absolute Gasteiger partial charge is 0.0181 e. The standard InChI is InChI=1S/C16H20.H2O3/c1-11(2)13-5-7-16-10-14(12(3)4)6-8-15(16)9-13;1-3-2/h5-12H,1-4H3;1-2H. The zero-order valence-electron chi connectivity index (χ0n) is 11.9. The summed E-state index contributed by atoms with van der Waals surface area (Å²) >= 11 is 0. The molecule has 2 N–H and O–H groups in total. The molecule has 0 aliphatic heterocycles. The SMILES string of the molecule is CC(C)c1ccc2cc(C(C)C)ccc2c1.OOO. The average Bonchev–Trinajstić information content (AvgIpc) is 2.38. The van der Waals surface area contributed by atoms with Crippen molar-refractivity contribution in [2.75, 3.05) is 0 Å². The van der Waals surface area contributed by atoms with Gasteiger partial charge >= 0.3 is 0 Å². The van der Waals surface area contributed by atoms with Crippen LogP contribution in [0.2, 0.25) is 0 Å². The summed E-state index contributed by atoms with van der Waals surface area (Å²) in [7, 11) is 0. The van der Waals surface area contributed by atoms with Crippen LogP contribution in [-0.4, -0.2) is 10.5 Å². The molecule has 0 aliphatic carbocycles. The summed E-state index contributed by atoms with van der Waals surface area (Å²) < 4.78 is 0. The first kappa shape index (κ1) is 15.6. The van der Waals surface area contributed by atoms with Gasteiger partial charge in [0.05, 0.1) is 0 Å². The molecule has 2 rings (SSSR count). The summed E-state index contributed by atoms with van der Waals surface area (Å²) in [6.07, 6.45) is 0. The highest BCUT2D eigenvalue weighted by Gasteiger charge is 2.03. The van der Waals surface area contributed by atoms with Crippen LogP contribution in [0.3, 0.4) is 0 Å². The minimum atomic E-state index is 0.606. The molecular formula is C16H22O3. The second-order valence-corrected chi connectivity index (χ2v) is 5.26. The average molecular weight is 262 g/mol. The van der Waals surface area contributed by atoms with Gasteiger partial charge in [0, 0.05) is 0 Å². The molecule has 0 saturated carbocycles. The molecule has 0 bridgehead atoms. The van der Waals surface area contributed by atoms with Crippen molar-refractivity contribution in [2.24, 2.45) is 0 Å². The van der Waals surface area contributed by atoms with Gasteiger partial charge in [-0.2, -0.15) is 0 Å². The van der Waals surface area contributed by atoms with Crippen LogP contribution < -0.4 is 0 Å². The number of rotatable bonds is 2. The molecule has 0 aliphatic rings. The first-order valence-corrected chi connectivity index (χ1v) is 6.48. The third kappa shape index (κ3) is 4.31. The van der Waals surface area contributed by atoms with Crippen LogP contribution in [0.5, 0.6) is 0 Å². The topological polar surface area (TPSA) is 49.7 Å². The van der Waals surface area contributed by atoms with Crippen molar-refractivity contribution in [3.63, 3.8) is 0 Å². The van der Waals surface area contributed by atoms with E-state index in [-0.39, 0.29) is 0 Å². The molecule has 0 heterocycles. The predicted molar refractivity (Wildman–Crippen MR) is 78.5 cm³/mol. The molecular weight excluding hydrogens is 240 g/mol. The monoisotopic (exact) mass is 262 g/mol. The van der Waals surface area contributed by atoms with Gasteiger partial charge in [0.1, 0.15) is 0 Å². The van der Waals surface area contributed by atoms with E-state index in [0.717, 1.165) is 0 Å². The number of benzene rings is 2. The summed E-state index contributed by atoms with van der Waals surface area (Å²) in [5.41, 5.74) is 2.84. The molecule has 3 heteroatoms. The number of hydrogen-bond donors (Lipinski definition) is 2. The molecule has 0 saturated heterocycles. The Balaban J connectivity index is 0.000000550. The van der Waals surface area contributed by atoms with Crippen molar-refractivity contribution in [3.05, 3.63) is 47.5 Å². The third-order valence-corrected chi connectivity index (χ3v) is 3.22. The number of hydrogen-bond acceptors (Lipinski definition) is 3. The lowest BCUT2D eigenvalue weighted by Gasteiger charge is -2.10. The Bertz CT molecular complexity index is 471. The van der Waals surface area contributed by atoms with Gasteiger partial charge < -0.3 is 0 Å². The fraction of sp³-hybridized carbons (Fsp3) is 0.375. The Kier molecular flexibility index (Phi) is 5.96. The highest BCUT2D eigenvalue weighted by molar-refractivity contribution is 5.84. The Morgan fingerprint density at radius 2 is 1.05 bits per heavy atom. The molecule has 104 valence electrons. The minimum absolute atomic E-state index is 0.606. The molecule has 2 aromatic rings. The second-order valence-electron chi connectivity index (χ2n) is 5.26. The van der Waals surface area contributed by atoms with Gasteiger partial charge in [0.25, 0.3) is 0 Å². The summed E-state index contributed by atoms with van der Waals surface area (Å²) in [4.78, 5) is 0. The number of fused-ring (bicyclic) bond motifs is 1.